The minimum atomic E-state index is -0.144. The summed E-state index contributed by atoms with van der Waals surface area (Å²) < 4.78 is 4.66. The van der Waals surface area contributed by atoms with Gasteiger partial charge in [-0.2, -0.15) is 0 Å². The average Bonchev–Trinajstić information content (AvgIpc) is 2.13. The van der Waals surface area contributed by atoms with Crippen LogP contribution in [0.2, 0.25) is 0 Å². The van der Waals surface area contributed by atoms with E-state index >= 15 is 0 Å². The number of nitrogens with zero attached hydrogens (tertiary/aromatic N) is 1. The second-order valence-corrected chi connectivity index (χ2v) is 3.93. The van der Waals surface area contributed by atoms with Crippen LogP contribution in [0, 0.1) is 5.92 Å². The third-order valence-electron chi connectivity index (χ3n) is 2.00. The van der Waals surface area contributed by atoms with Crippen molar-refractivity contribution in [2.45, 2.75) is 20.8 Å². The number of rotatable bonds is 5. The molecule has 14 heavy (non-hydrogen) atoms. The first-order valence-corrected chi connectivity index (χ1v) is 4.87. The first-order chi connectivity index (χ1) is 6.47. The van der Waals surface area contributed by atoms with Crippen LogP contribution in [0.15, 0.2) is 11.6 Å². The Kier molecular flexibility index (Phi) is 6.21. The molecule has 0 saturated carbocycles. The molecule has 0 radical (unpaired) electrons. The largest absolute Gasteiger partial charge is 0.469 e. The van der Waals surface area contributed by atoms with Crippen molar-refractivity contribution < 1.29 is 9.53 Å². The lowest BCUT2D eigenvalue weighted by molar-refractivity contribution is -0.145. The minimum absolute atomic E-state index is 0.0597. The van der Waals surface area contributed by atoms with Gasteiger partial charge < -0.3 is 9.64 Å². The van der Waals surface area contributed by atoms with Gasteiger partial charge in [0.05, 0.1) is 13.0 Å². The molecule has 0 aromatic carbocycles. The number of ether oxygens (including phenoxy) is 1. The zero-order valence-corrected chi connectivity index (χ0v) is 9.83. The lowest BCUT2D eigenvalue weighted by Gasteiger charge is -2.18. The summed E-state index contributed by atoms with van der Waals surface area (Å²) in [7, 11) is 3.42. The smallest absolute Gasteiger partial charge is 0.309 e. The normalized spacial score (nSPS) is 12.4. The third-order valence-corrected chi connectivity index (χ3v) is 2.00. The highest BCUT2D eigenvalue weighted by molar-refractivity contribution is 5.72. The van der Waals surface area contributed by atoms with Gasteiger partial charge in [0.2, 0.25) is 0 Å². The van der Waals surface area contributed by atoms with Crippen molar-refractivity contribution in [3.8, 4) is 0 Å². The van der Waals surface area contributed by atoms with Gasteiger partial charge in [-0.15, -0.1) is 0 Å². The maximum atomic E-state index is 11.1. The Bertz CT molecular complexity index is 207. The molecule has 82 valence electrons. The van der Waals surface area contributed by atoms with Gasteiger partial charge in [-0.3, -0.25) is 4.79 Å². The van der Waals surface area contributed by atoms with Crippen molar-refractivity contribution in [1.82, 2.24) is 4.90 Å². The van der Waals surface area contributed by atoms with Crippen LogP contribution in [0.1, 0.15) is 20.8 Å². The lowest BCUT2D eigenvalue weighted by Crippen LogP contribution is -2.29. The highest BCUT2D eigenvalue weighted by atomic mass is 16.5. The summed E-state index contributed by atoms with van der Waals surface area (Å²) in [5.41, 5.74) is 1.29. The van der Waals surface area contributed by atoms with E-state index in [2.05, 4.69) is 29.6 Å². The number of likely N-dealkylation sites (N-methyl/N-ethyl adjacent to an activating group) is 1. The van der Waals surface area contributed by atoms with Gasteiger partial charge in [0, 0.05) is 13.1 Å². The van der Waals surface area contributed by atoms with Gasteiger partial charge in [0.1, 0.15) is 0 Å². The first-order valence-electron chi connectivity index (χ1n) is 4.87. The van der Waals surface area contributed by atoms with Crippen LogP contribution in [0.3, 0.4) is 0 Å². The number of esters is 1. The Labute approximate surface area is 86.7 Å². The number of carbonyl (C=O) groups excluding carboxylic acids is 1. The molecular formula is C11H21NO2. The zero-order valence-electron chi connectivity index (χ0n) is 9.83. The molecule has 0 aliphatic carbocycles. The Hall–Kier alpha value is -0.830. The molecular weight excluding hydrogens is 178 g/mol. The van der Waals surface area contributed by atoms with Gasteiger partial charge in [0.25, 0.3) is 0 Å². The van der Waals surface area contributed by atoms with Crippen LogP contribution >= 0.6 is 0 Å². The van der Waals surface area contributed by atoms with Gasteiger partial charge in [-0.1, -0.05) is 18.6 Å². The summed E-state index contributed by atoms with van der Waals surface area (Å²) in [6.07, 6.45) is 2.14. The number of methoxy groups -OCH3 is 1. The molecule has 3 heteroatoms. The predicted octanol–water partition coefficient (Wildman–Crippen LogP) is 1.69. The molecule has 0 rings (SSSR count). The Morgan fingerprint density at radius 2 is 2.07 bits per heavy atom. The van der Waals surface area contributed by atoms with Crippen LogP contribution in [0.25, 0.3) is 0 Å². The van der Waals surface area contributed by atoms with E-state index in [1.165, 1.54) is 12.7 Å². The molecule has 0 saturated heterocycles. The van der Waals surface area contributed by atoms with E-state index in [1.807, 2.05) is 14.0 Å². The molecule has 0 aliphatic heterocycles. The van der Waals surface area contributed by atoms with Crippen LogP contribution in [0.5, 0.6) is 0 Å². The Balaban J connectivity index is 3.88. The summed E-state index contributed by atoms with van der Waals surface area (Å²) in [5.74, 6) is -0.204. The zero-order chi connectivity index (χ0) is 11.1. The van der Waals surface area contributed by atoms with Gasteiger partial charge in [0.15, 0.2) is 0 Å². The first kappa shape index (κ1) is 13.2. The fourth-order valence-electron chi connectivity index (χ4n) is 1.16. The van der Waals surface area contributed by atoms with Crippen molar-refractivity contribution in [2.75, 3.05) is 27.2 Å². The summed E-state index contributed by atoms with van der Waals surface area (Å²) in [6.45, 7) is 7.63. The quantitative estimate of drug-likeness (QED) is 0.498. The molecule has 0 aromatic rings. The molecule has 1 atom stereocenters. The monoisotopic (exact) mass is 199 g/mol. The van der Waals surface area contributed by atoms with Crippen molar-refractivity contribution in [3.63, 3.8) is 0 Å². The van der Waals surface area contributed by atoms with Gasteiger partial charge in [-0.05, 0) is 20.9 Å². The summed E-state index contributed by atoms with van der Waals surface area (Å²) in [6, 6.07) is 0. The van der Waals surface area contributed by atoms with Gasteiger partial charge >= 0.3 is 5.97 Å². The van der Waals surface area contributed by atoms with Crippen LogP contribution in [0.4, 0.5) is 0 Å². The van der Waals surface area contributed by atoms with E-state index in [4.69, 9.17) is 0 Å². The summed E-state index contributed by atoms with van der Waals surface area (Å²) >= 11 is 0. The number of hydrogen-bond donors (Lipinski definition) is 0. The molecule has 3 nitrogen and oxygen atoms in total. The van der Waals surface area contributed by atoms with E-state index in [9.17, 15) is 4.79 Å². The Morgan fingerprint density at radius 1 is 1.50 bits per heavy atom. The molecule has 0 N–H and O–H groups in total. The van der Waals surface area contributed by atoms with Crippen molar-refractivity contribution >= 4 is 5.97 Å². The molecule has 0 amide bonds. The molecule has 0 bridgehead atoms. The fraction of sp³-hybridized carbons (Fsp3) is 0.727. The molecule has 0 spiro atoms. The fourth-order valence-corrected chi connectivity index (χ4v) is 1.16. The second-order valence-electron chi connectivity index (χ2n) is 3.93. The molecule has 1 unspecified atom stereocenters. The molecule has 0 aliphatic rings. The standard InChI is InChI=1S/C11H21NO2/c1-9(2)6-7-12(4)8-10(3)11(13)14-5/h6,10H,7-8H2,1-5H3. The maximum absolute atomic E-state index is 11.1. The van der Waals surface area contributed by atoms with E-state index in [0.29, 0.717) is 0 Å². The molecule has 0 fully saturated rings. The highest BCUT2D eigenvalue weighted by Gasteiger charge is 2.14. The second kappa shape index (κ2) is 6.60. The molecule has 0 aromatic heterocycles. The number of hydrogen-bond acceptors (Lipinski definition) is 3. The van der Waals surface area contributed by atoms with Gasteiger partial charge in [-0.25, -0.2) is 0 Å². The average molecular weight is 199 g/mol. The van der Waals surface area contributed by atoms with E-state index in [1.54, 1.807) is 0 Å². The van der Waals surface area contributed by atoms with Crippen molar-refractivity contribution in [3.05, 3.63) is 11.6 Å². The van der Waals surface area contributed by atoms with Crippen molar-refractivity contribution in [2.24, 2.45) is 5.92 Å². The Morgan fingerprint density at radius 3 is 2.50 bits per heavy atom. The lowest BCUT2D eigenvalue weighted by atomic mass is 10.2. The minimum Gasteiger partial charge on any atom is -0.469 e. The van der Waals surface area contributed by atoms with Crippen LogP contribution in [-0.4, -0.2) is 38.1 Å². The SMILES string of the molecule is COC(=O)C(C)CN(C)CC=C(C)C. The van der Waals surface area contributed by atoms with Crippen LogP contribution in [-0.2, 0) is 9.53 Å². The summed E-state index contributed by atoms with van der Waals surface area (Å²) in [5, 5.41) is 0. The predicted molar refractivity (Wildman–Crippen MR) is 58.1 cm³/mol. The van der Waals surface area contributed by atoms with E-state index < -0.39 is 0 Å². The summed E-state index contributed by atoms with van der Waals surface area (Å²) in [4.78, 5) is 13.2. The third kappa shape index (κ3) is 5.75. The topological polar surface area (TPSA) is 29.5 Å². The van der Waals surface area contributed by atoms with Crippen LogP contribution < -0.4 is 0 Å². The number of allylic oxidation sites excluding steroid dienone is 1. The molecule has 0 heterocycles. The van der Waals surface area contributed by atoms with E-state index in [-0.39, 0.29) is 11.9 Å². The highest BCUT2D eigenvalue weighted by Crippen LogP contribution is 2.01. The number of carbonyl (C=O) groups is 1. The maximum Gasteiger partial charge on any atom is 0.309 e. The van der Waals surface area contributed by atoms with Crippen molar-refractivity contribution in [1.29, 1.82) is 0 Å². The van der Waals surface area contributed by atoms with E-state index in [0.717, 1.165) is 13.1 Å².